The van der Waals surface area contributed by atoms with Gasteiger partial charge in [-0.05, 0) is 47.4 Å². The van der Waals surface area contributed by atoms with Crippen LogP contribution in [-0.2, 0) is 21.5 Å². The molecule has 162 valence electrons. The lowest BCUT2D eigenvalue weighted by Gasteiger charge is -2.33. The van der Waals surface area contributed by atoms with Gasteiger partial charge >= 0.3 is 6.03 Å². The van der Waals surface area contributed by atoms with Gasteiger partial charge in [0.1, 0.15) is 12.1 Å². The summed E-state index contributed by atoms with van der Waals surface area (Å²) in [6, 6.07) is 20.4. The first-order chi connectivity index (χ1) is 15.6. The minimum absolute atomic E-state index is 0.316. The van der Waals surface area contributed by atoms with E-state index in [-0.39, 0.29) is 24.4 Å². The topological polar surface area (TPSA) is 78.5 Å². The second-order valence-corrected chi connectivity index (χ2v) is 9.14. The van der Waals surface area contributed by atoms with Gasteiger partial charge in [0.2, 0.25) is 5.91 Å². The molecule has 5 rings (SSSR count). The number of nitrogens with zero attached hydrogens (tertiary/aromatic N) is 1. The van der Waals surface area contributed by atoms with Gasteiger partial charge in [0.25, 0.3) is 5.91 Å². The van der Waals surface area contributed by atoms with E-state index in [1.807, 2.05) is 72.1 Å². The van der Waals surface area contributed by atoms with Crippen molar-refractivity contribution in [2.24, 2.45) is 0 Å². The van der Waals surface area contributed by atoms with Crippen molar-refractivity contribution in [2.75, 3.05) is 6.54 Å². The van der Waals surface area contributed by atoms with Gasteiger partial charge in [-0.15, -0.1) is 11.3 Å². The van der Waals surface area contributed by atoms with E-state index in [9.17, 15) is 14.4 Å². The lowest BCUT2D eigenvalue weighted by molar-refractivity contribution is -0.135. The van der Waals surface area contributed by atoms with E-state index in [1.165, 1.54) is 0 Å². The summed E-state index contributed by atoms with van der Waals surface area (Å²) in [5.74, 6) is -0.728. The number of hydrogen-bond donors (Lipinski definition) is 2. The second kappa shape index (κ2) is 8.24. The lowest BCUT2D eigenvalue weighted by Crippen LogP contribution is -2.47. The summed E-state index contributed by atoms with van der Waals surface area (Å²) in [5, 5.41) is 7.87. The van der Waals surface area contributed by atoms with Crippen LogP contribution in [0.1, 0.15) is 40.5 Å². The first kappa shape index (κ1) is 20.5. The van der Waals surface area contributed by atoms with Crippen molar-refractivity contribution < 1.29 is 14.4 Å². The Kier molecular flexibility index (Phi) is 5.27. The highest BCUT2D eigenvalue weighted by atomic mass is 32.1. The van der Waals surface area contributed by atoms with Crippen LogP contribution in [0.5, 0.6) is 0 Å². The van der Waals surface area contributed by atoms with E-state index in [0.717, 1.165) is 39.3 Å². The fraction of sp³-hybridized carbons (Fsp3) is 0.240. The van der Waals surface area contributed by atoms with Gasteiger partial charge in [0, 0.05) is 4.88 Å². The molecule has 0 saturated carbocycles. The average Bonchev–Trinajstić information content (AvgIpc) is 3.42. The lowest BCUT2D eigenvalue weighted by atomic mass is 9.76. The molecule has 2 aliphatic rings. The highest BCUT2D eigenvalue weighted by Gasteiger charge is 2.54. The van der Waals surface area contributed by atoms with Gasteiger partial charge in [0.05, 0.1) is 6.04 Å². The third-order valence-corrected chi connectivity index (χ3v) is 7.16. The molecule has 0 radical (unpaired) electrons. The number of thiophene rings is 1. The van der Waals surface area contributed by atoms with Crippen molar-refractivity contribution in [3.8, 4) is 0 Å². The fourth-order valence-corrected chi connectivity index (χ4v) is 5.53. The molecule has 1 aromatic heterocycles. The number of urea groups is 1. The molecule has 2 heterocycles. The van der Waals surface area contributed by atoms with Crippen LogP contribution in [0.25, 0.3) is 0 Å². The number of imide groups is 1. The van der Waals surface area contributed by atoms with Crippen LogP contribution in [-0.4, -0.2) is 29.3 Å². The molecule has 1 spiro atoms. The van der Waals surface area contributed by atoms with Gasteiger partial charge in [-0.25, -0.2) is 4.79 Å². The van der Waals surface area contributed by atoms with E-state index in [1.54, 1.807) is 11.3 Å². The maximum atomic E-state index is 13.4. The summed E-state index contributed by atoms with van der Waals surface area (Å²) in [4.78, 5) is 41.3. The van der Waals surface area contributed by atoms with Crippen LogP contribution >= 0.6 is 11.3 Å². The molecule has 1 fully saturated rings. The van der Waals surface area contributed by atoms with Crippen LogP contribution in [0.4, 0.5) is 4.79 Å². The predicted octanol–water partition coefficient (Wildman–Crippen LogP) is 3.74. The number of rotatable bonds is 5. The number of nitrogens with one attached hydrogen (secondary N) is 2. The van der Waals surface area contributed by atoms with Crippen LogP contribution in [0.15, 0.2) is 72.1 Å². The number of carbonyl (C=O) groups is 3. The highest BCUT2D eigenvalue weighted by molar-refractivity contribution is 7.10. The molecule has 32 heavy (non-hydrogen) atoms. The van der Waals surface area contributed by atoms with E-state index in [4.69, 9.17) is 0 Å². The summed E-state index contributed by atoms with van der Waals surface area (Å²) in [5.41, 5.74) is 1.78. The number of carbonyl (C=O) groups excluding carboxylic acids is 3. The average molecular weight is 446 g/mol. The molecular weight excluding hydrogens is 422 g/mol. The van der Waals surface area contributed by atoms with Gasteiger partial charge in [-0.2, -0.15) is 0 Å². The van der Waals surface area contributed by atoms with E-state index >= 15 is 0 Å². The molecule has 0 unspecified atom stereocenters. The van der Waals surface area contributed by atoms with E-state index in [2.05, 4.69) is 10.6 Å². The monoisotopic (exact) mass is 445 g/mol. The molecule has 1 aliphatic heterocycles. The summed E-state index contributed by atoms with van der Waals surface area (Å²) in [7, 11) is 0. The third-order valence-electron chi connectivity index (χ3n) is 6.22. The van der Waals surface area contributed by atoms with Crippen LogP contribution < -0.4 is 10.6 Å². The normalized spacial score (nSPS) is 20.7. The van der Waals surface area contributed by atoms with Crippen LogP contribution in [0.2, 0.25) is 0 Å². The minimum atomic E-state index is -1.07. The molecule has 7 heteroatoms. The van der Waals surface area contributed by atoms with Crippen molar-refractivity contribution in [1.29, 1.82) is 0 Å². The molecule has 2 N–H and O–H groups in total. The molecule has 3 aromatic rings. The zero-order chi connectivity index (χ0) is 22.1. The molecule has 2 atom stereocenters. The Morgan fingerprint density at radius 1 is 1.06 bits per heavy atom. The number of fused-ring (bicyclic) bond motifs is 2. The SMILES string of the molecule is O=C(CN1C(=O)N[C@]2(CCCc3ccccc32)C1=O)N[C@@H](c1ccccc1)c1cccs1. The Morgan fingerprint density at radius 3 is 2.62 bits per heavy atom. The molecule has 4 amide bonds. The fourth-order valence-electron chi connectivity index (χ4n) is 4.72. The first-order valence-electron chi connectivity index (χ1n) is 10.7. The van der Waals surface area contributed by atoms with Crippen molar-refractivity contribution in [3.05, 3.63) is 93.7 Å². The quantitative estimate of drug-likeness (QED) is 0.588. The van der Waals surface area contributed by atoms with Gasteiger partial charge < -0.3 is 10.6 Å². The standard InChI is InChI=1S/C25H23N3O3S/c29-21(26-22(20-13-7-15-32-20)18-9-2-1-3-10-18)16-28-23(30)25(27-24(28)31)14-6-11-17-8-4-5-12-19(17)25/h1-5,7-10,12-13,15,22H,6,11,14,16H2,(H,26,29)(H,27,31)/t22-,25-/m0/s1. The summed E-state index contributed by atoms with van der Waals surface area (Å²) >= 11 is 1.55. The Bertz CT molecular complexity index is 1160. The van der Waals surface area contributed by atoms with Crippen molar-refractivity contribution in [3.63, 3.8) is 0 Å². The Hall–Kier alpha value is -3.45. The van der Waals surface area contributed by atoms with Crippen molar-refractivity contribution in [1.82, 2.24) is 15.5 Å². The Morgan fingerprint density at radius 2 is 1.84 bits per heavy atom. The number of hydrogen-bond acceptors (Lipinski definition) is 4. The summed E-state index contributed by atoms with van der Waals surface area (Å²) in [6.45, 7) is -0.316. The second-order valence-electron chi connectivity index (χ2n) is 8.16. The van der Waals surface area contributed by atoms with Crippen LogP contribution in [0.3, 0.4) is 0 Å². The van der Waals surface area contributed by atoms with Gasteiger partial charge in [-0.1, -0.05) is 60.7 Å². The number of amides is 4. The third kappa shape index (κ3) is 3.48. The maximum Gasteiger partial charge on any atom is 0.325 e. The minimum Gasteiger partial charge on any atom is -0.343 e. The van der Waals surface area contributed by atoms with Crippen LogP contribution in [0, 0.1) is 0 Å². The molecule has 6 nitrogen and oxygen atoms in total. The molecule has 1 aliphatic carbocycles. The van der Waals surface area contributed by atoms with E-state index < -0.39 is 11.6 Å². The smallest absolute Gasteiger partial charge is 0.325 e. The largest absolute Gasteiger partial charge is 0.343 e. The van der Waals surface area contributed by atoms with Crippen molar-refractivity contribution in [2.45, 2.75) is 30.8 Å². The zero-order valence-corrected chi connectivity index (χ0v) is 18.2. The predicted molar refractivity (Wildman–Crippen MR) is 122 cm³/mol. The Balaban J connectivity index is 1.37. The Labute approximate surface area is 190 Å². The highest BCUT2D eigenvalue weighted by Crippen LogP contribution is 2.39. The number of aryl methyl sites for hydroxylation is 1. The molecule has 0 bridgehead atoms. The maximum absolute atomic E-state index is 13.4. The van der Waals surface area contributed by atoms with Gasteiger partial charge in [-0.3, -0.25) is 14.5 Å². The number of benzene rings is 2. The molecular formula is C25H23N3O3S. The molecule has 1 saturated heterocycles. The summed E-state index contributed by atoms with van der Waals surface area (Å²) in [6.07, 6.45) is 2.22. The summed E-state index contributed by atoms with van der Waals surface area (Å²) < 4.78 is 0. The van der Waals surface area contributed by atoms with Gasteiger partial charge in [0.15, 0.2) is 0 Å². The zero-order valence-electron chi connectivity index (χ0n) is 17.4. The van der Waals surface area contributed by atoms with Crippen molar-refractivity contribution >= 4 is 29.2 Å². The first-order valence-corrected chi connectivity index (χ1v) is 11.6. The van der Waals surface area contributed by atoms with E-state index in [0.29, 0.717) is 6.42 Å². The molecule has 2 aromatic carbocycles.